The maximum Gasteiger partial charge on any atom is 0.348 e. The first-order chi connectivity index (χ1) is 16.8. The zero-order chi connectivity index (χ0) is 25.5. The Hall–Kier alpha value is -3.44. The molecule has 0 amide bonds. The minimum atomic E-state index is -0.602. The van der Waals surface area contributed by atoms with Crippen molar-refractivity contribution >= 4 is 40.8 Å². The minimum Gasteiger partial charge on any atom is -0.462 e. The van der Waals surface area contributed by atoms with Crippen LogP contribution in [-0.4, -0.2) is 44.0 Å². The van der Waals surface area contributed by atoms with E-state index in [4.69, 9.17) is 9.47 Å². The van der Waals surface area contributed by atoms with Gasteiger partial charge in [0.1, 0.15) is 10.9 Å². The molecule has 1 saturated heterocycles. The molecule has 7 nitrogen and oxygen atoms in total. The highest BCUT2D eigenvalue weighted by Gasteiger charge is 2.28. The summed E-state index contributed by atoms with van der Waals surface area (Å²) in [6.07, 6.45) is 3.74. The molecular weight excluding hydrogens is 464 g/mol. The van der Waals surface area contributed by atoms with Crippen molar-refractivity contribution in [2.45, 2.75) is 47.0 Å². The van der Waals surface area contributed by atoms with E-state index in [0.29, 0.717) is 10.4 Å². The molecule has 0 spiro atoms. The second kappa shape index (κ2) is 11.8. The van der Waals surface area contributed by atoms with Gasteiger partial charge in [0.15, 0.2) is 5.78 Å². The van der Waals surface area contributed by atoms with Crippen LogP contribution in [-0.2, 0) is 20.7 Å². The third-order valence-electron chi connectivity index (χ3n) is 5.88. The summed E-state index contributed by atoms with van der Waals surface area (Å²) >= 11 is 1.03. The molecular formula is C27H30N2O5S. The molecule has 2 aromatic rings. The summed E-state index contributed by atoms with van der Waals surface area (Å²) in [6.45, 7) is 9.46. The summed E-state index contributed by atoms with van der Waals surface area (Å²) in [5.74, 6) is -1.59. The number of anilines is 1. The topological polar surface area (TPSA) is 96.7 Å². The predicted molar refractivity (Wildman–Crippen MR) is 136 cm³/mol. The average molecular weight is 495 g/mol. The summed E-state index contributed by atoms with van der Waals surface area (Å²) in [5, 5.41) is 9.70. The third-order valence-corrected chi connectivity index (χ3v) is 7.15. The molecule has 1 aromatic carbocycles. The number of rotatable bonds is 9. The van der Waals surface area contributed by atoms with E-state index in [0.717, 1.165) is 35.6 Å². The van der Waals surface area contributed by atoms with E-state index < -0.39 is 17.7 Å². The monoisotopic (exact) mass is 494 g/mol. The number of nitrogens with zero attached hydrogens (tertiary/aromatic N) is 2. The number of ether oxygens (including phenoxy) is 2. The second-order valence-electron chi connectivity index (χ2n) is 8.31. The SMILES string of the molecule is CCOC(=O)c1sc(CC(=O)C(C#N)=Cc2ccc(N3CCCC3)c(C)c2)c(C(=O)OCC)c1C. The van der Waals surface area contributed by atoms with E-state index in [1.165, 1.54) is 18.5 Å². The van der Waals surface area contributed by atoms with Crippen LogP contribution < -0.4 is 4.90 Å². The standard InChI is InChI=1S/C27H30N2O5S/c1-5-33-26(31)24-18(4)25(27(32)34-6-2)35-23(24)15-22(30)20(16-28)14-19-9-10-21(17(3)13-19)29-11-7-8-12-29/h9-10,13-14H,5-8,11-12,15H2,1-4H3. The number of nitriles is 1. The van der Waals surface area contributed by atoms with Crippen molar-refractivity contribution in [1.29, 1.82) is 5.26 Å². The highest BCUT2D eigenvalue weighted by molar-refractivity contribution is 7.14. The summed E-state index contributed by atoms with van der Waals surface area (Å²) in [7, 11) is 0. The summed E-state index contributed by atoms with van der Waals surface area (Å²) in [6, 6.07) is 7.90. The van der Waals surface area contributed by atoms with Gasteiger partial charge >= 0.3 is 11.9 Å². The number of ketones is 1. The first-order valence-electron chi connectivity index (χ1n) is 11.8. The molecule has 1 aliphatic heterocycles. The highest BCUT2D eigenvalue weighted by Crippen LogP contribution is 2.31. The Morgan fingerprint density at radius 1 is 1.09 bits per heavy atom. The molecule has 0 N–H and O–H groups in total. The minimum absolute atomic E-state index is 0.0168. The first kappa shape index (κ1) is 26.2. The lowest BCUT2D eigenvalue weighted by molar-refractivity contribution is -0.114. The molecule has 184 valence electrons. The Balaban J connectivity index is 1.89. The van der Waals surface area contributed by atoms with Gasteiger partial charge in [0.05, 0.1) is 24.4 Å². The van der Waals surface area contributed by atoms with Crippen molar-refractivity contribution < 1.29 is 23.9 Å². The van der Waals surface area contributed by atoms with Gasteiger partial charge in [-0.25, -0.2) is 9.59 Å². The normalized spacial score (nSPS) is 13.5. The Labute approximate surface area is 210 Å². The van der Waals surface area contributed by atoms with Crippen molar-refractivity contribution in [2.75, 3.05) is 31.2 Å². The maximum absolute atomic E-state index is 13.1. The molecule has 0 unspecified atom stereocenters. The molecule has 35 heavy (non-hydrogen) atoms. The van der Waals surface area contributed by atoms with Crippen LogP contribution in [0.3, 0.4) is 0 Å². The van der Waals surface area contributed by atoms with Crippen LogP contribution in [0.15, 0.2) is 23.8 Å². The van der Waals surface area contributed by atoms with Crippen LogP contribution in [0.5, 0.6) is 0 Å². The van der Waals surface area contributed by atoms with E-state index in [1.807, 2.05) is 31.2 Å². The lowest BCUT2D eigenvalue weighted by Gasteiger charge is -2.20. The fourth-order valence-electron chi connectivity index (χ4n) is 4.22. The number of esters is 2. The van der Waals surface area contributed by atoms with Crippen LogP contribution in [0.4, 0.5) is 5.69 Å². The van der Waals surface area contributed by atoms with E-state index in [9.17, 15) is 19.6 Å². The van der Waals surface area contributed by atoms with Crippen LogP contribution in [0.1, 0.15) is 68.3 Å². The van der Waals surface area contributed by atoms with E-state index in [2.05, 4.69) is 4.90 Å². The fourth-order valence-corrected chi connectivity index (χ4v) is 5.41. The Bertz CT molecular complexity index is 1200. The highest BCUT2D eigenvalue weighted by atomic mass is 32.1. The molecule has 2 heterocycles. The van der Waals surface area contributed by atoms with E-state index in [-0.39, 0.29) is 35.6 Å². The molecule has 1 aromatic heterocycles. The van der Waals surface area contributed by atoms with Gasteiger partial charge in [0.2, 0.25) is 0 Å². The second-order valence-corrected chi connectivity index (χ2v) is 9.41. The van der Waals surface area contributed by atoms with Gasteiger partial charge in [-0.05, 0) is 75.4 Å². The Morgan fingerprint density at radius 2 is 1.74 bits per heavy atom. The maximum atomic E-state index is 13.1. The molecule has 3 rings (SSSR count). The Morgan fingerprint density at radius 3 is 2.34 bits per heavy atom. The number of carbonyl (C=O) groups is 3. The number of allylic oxidation sites excluding steroid dienone is 1. The Kier molecular flexibility index (Phi) is 8.83. The van der Waals surface area contributed by atoms with Crippen molar-refractivity contribution in [3.63, 3.8) is 0 Å². The average Bonchev–Trinajstić information content (AvgIpc) is 3.46. The van der Waals surface area contributed by atoms with Crippen LogP contribution >= 0.6 is 11.3 Å². The number of hydrogen-bond acceptors (Lipinski definition) is 8. The lowest BCUT2D eigenvalue weighted by Crippen LogP contribution is -2.18. The first-order valence-corrected chi connectivity index (χ1v) is 12.6. The van der Waals surface area contributed by atoms with Crippen LogP contribution in [0.25, 0.3) is 6.08 Å². The van der Waals surface area contributed by atoms with Crippen LogP contribution in [0.2, 0.25) is 0 Å². The smallest absolute Gasteiger partial charge is 0.348 e. The van der Waals surface area contributed by atoms with E-state index in [1.54, 1.807) is 26.8 Å². The summed E-state index contributed by atoms with van der Waals surface area (Å²) in [5.41, 5.74) is 3.61. The summed E-state index contributed by atoms with van der Waals surface area (Å²) < 4.78 is 10.2. The molecule has 0 radical (unpaired) electrons. The molecule has 8 heteroatoms. The lowest BCUT2D eigenvalue weighted by atomic mass is 10.0. The number of aryl methyl sites for hydroxylation is 1. The molecule has 0 atom stereocenters. The number of carbonyl (C=O) groups excluding carboxylic acids is 3. The quantitative estimate of drug-likeness (QED) is 0.274. The number of hydrogen-bond donors (Lipinski definition) is 0. The van der Waals surface area contributed by atoms with Crippen molar-refractivity contribution in [1.82, 2.24) is 0 Å². The zero-order valence-corrected chi connectivity index (χ0v) is 21.4. The van der Waals surface area contributed by atoms with Gasteiger partial charge < -0.3 is 14.4 Å². The van der Waals surface area contributed by atoms with Gasteiger partial charge in [-0.15, -0.1) is 11.3 Å². The molecule has 0 bridgehead atoms. The number of benzene rings is 1. The van der Waals surface area contributed by atoms with Gasteiger partial charge in [0, 0.05) is 30.1 Å². The number of thiophene rings is 1. The van der Waals surface area contributed by atoms with Crippen LogP contribution in [0, 0.1) is 25.2 Å². The molecule has 1 aliphatic rings. The predicted octanol–water partition coefficient (Wildman–Crippen LogP) is 5.04. The summed E-state index contributed by atoms with van der Waals surface area (Å²) in [4.78, 5) is 41.1. The molecule has 1 fully saturated rings. The van der Waals surface area contributed by atoms with Gasteiger partial charge in [0.25, 0.3) is 0 Å². The van der Waals surface area contributed by atoms with Crippen molar-refractivity contribution in [2.24, 2.45) is 0 Å². The van der Waals surface area contributed by atoms with Gasteiger partial charge in [-0.1, -0.05) is 6.07 Å². The van der Waals surface area contributed by atoms with Crippen molar-refractivity contribution in [3.8, 4) is 6.07 Å². The largest absolute Gasteiger partial charge is 0.462 e. The number of Topliss-reactive ketones (excluding diaryl/α,β-unsaturated/α-hetero) is 1. The van der Waals surface area contributed by atoms with E-state index >= 15 is 0 Å². The zero-order valence-electron chi connectivity index (χ0n) is 20.6. The molecule has 0 saturated carbocycles. The third kappa shape index (κ3) is 5.98. The van der Waals surface area contributed by atoms with Crippen molar-refractivity contribution in [3.05, 3.63) is 55.8 Å². The molecule has 0 aliphatic carbocycles. The van der Waals surface area contributed by atoms with Gasteiger partial charge in [-0.3, -0.25) is 4.79 Å². The fraction of sp³-hybridized carbons (Fsp3) is 0.407. The van der Waals surface area contributed by atoms with Gasteiger partial charge in [-0.2, -0.15) is 5.26 Å².